The lowest BCUT2D eigenvalue weighted by Gasteiger charge is -2.09. The highest BCUT2D eigenvalue weighted by molar-refractivity contribution is 6.09. The third kappa shape index (κ3) is 4.89. The highest BCUT2D eigenvalue weighted by Gasteiger charge is 2.14. The number of pyridine rings is 2. The van der Waals surface area contributed by atoms with E-state index in [1.807, 2.05) is 60.7 Å². The van der Waals surface area contributed by atoms with Gasteiger partial charge in [0.05, 0.1) is 50.6 Å². The molecule has 38 heavy (non-hydrogen) atoms. The molecule has 6 nitrogen and oxygen atoms in total. The van der Waals surface area contributed by atoms with Gasteiger partial charge in [-0.1, -0.05) is 23.7 Å². The summed E-state index contributed by atoms with van der Waals surface area (Å²) in [5.41, 5.74) is 4.56. The first kappa shape index (κ1) is 24.5. The molecular weight excluding hydrogens is 476 g/mol. The minimum absolute atomic E-state index is 0.662. The molecule has 0 spiro atoms. The van der Waals surface area contributed by atoms with Crippen molar-refractivity contribution in [3.8, 4) is 46.7 Å². The first-order valence-corrected chi connectivity index (χ1v) is 11.8. The molecule has 2 heterocycles. The standard InChI is InChI=1S/C32H24N2O4/c1-35-23-15-21(16-24(19-23)36-2)9-11-27-28(12-10-22-17-25(37-3)20-26(18-22)38-4)30-8-6-14-34-32(30)31-29(27)7-5-13-33-31/h5-8,13-20H,1-4H3. The Morgan fingerprint density at radius 2 is 0.868 bits per heavy atom. The molecule has 0 aliphatic heterocycles. The number of methoxy groups -OCH3 is 4. The van der Waals surface area contributed by atoms with E-state index in [1.54, 1.807) is 40.8 Å². The number of fused-ring (bicyclic) bond motifs is 3. The zero-order chi connectivity index (χ0) is 26.5. The molecule has 3 aromatic carbocycles. The molecular formula is C32H24N2O4. The van der Waals surface area contributed by atoms with E-state index in [9.17, 15) is 0 Å². The van der Waals surface area contributed by atoms with Crippen LogP contribution in [0.2, 0.25) is 0 Å². The van der Waals surface area contributed by atoms with Crippen molar-refractivity contribution in [1.29, 1.82) is 0 Å². The van der Waals surface area contributed by atoms with Crippen LogP contribution in [0.4, 0.5) is 0 Å². The molecule has 0 unspecified atom stereocenters. The third-order valence-corrected chi connectivity index (χ3v) is 5.99. The highest BCUT2D eigenvalue weighted by atomic mass is 16.5. The summed E-state index contributed by atoms with van der Waals surface area (Å²) in [7, 11) is 6.46. The van der Waals surface area contributed by atoms with Gasteiger partial charge in [-0.3, -0.25) is 9.97 Å². The van der Waals surface area contributed by atoms with Gasteiger partial charge in [0.25, 0.3) is 0 Å². The second-order valence-electron chi connectivity index (χ2n) is 8.25. The van der Waals surface area contributed by atoms with Gasteiger partial charge in [-0.2, -0.15) is 0 Å². The molecule has 0 aliphatic carbocycles. The summed E-state index contributed by atoms with van der Waals surface area (Å²) in [5.74, 6) is 15.9. The topological polar surface area (TPSA) is 62.7 Å². The normalized spacial score (nSPS) is 10.2. The zero-order valence-corrected chi connectivity index (χ0v) is 21.5. The van der Waals surface area contributed by atoms with Crippen molar-refractivity contribution in [3.63, 3.8) is 0 Å². The number of rotatable bonds is 4. The maximum atomic E-state index is 5.42. The van der Waals surface area contributed by atoms with Crippen molar-refractivity contribution in [3.05, 3.63) is 95.3 Å². The van der Waals surface area contributed by atoms with Crippen molar-refractivity contribution >= 4 is 21.8 Å². The Balaban J connectivity index is 1.78. The Kier molecular flexibility index (Phi) is 6.97. The second kappa shape index (κ2) is 10.8. The van der Waals surface area contributed by atoms with E-state index >= 15 is 0 Å². The summed E-state index contributed by atoms with van der Waals surface area (Å²) in [5, 5.41) is 1.74. The third-order valence-electron chi connectivity index (χ3n) is 5.99. The number of hydrogen-bond donors (Lipinski definition) is 0. The number of hydrogen-bond acceptors (Lipinski definition) is 6. The first-order valence-electron chi connectivity index (χ1n) is 11.8. The molecule has 0 aliphatic rings. The van der Waals surface area contributed by atoms with Crippen LogP contribution in [-0.2, 0) is 0 Å². The molecule has 0 saturated heterocycles. The van der Waals surface area contributed by atoms with Gasteiger partial charge in [0.1, 0.15) is 23.0 Å². The average Bonchev–Trinajstić information content (AvgIpc) is 2.98. The van der Waals surface area contributed by atoms with Crippen molar-refractivity contribution in [1.82, 2.24) is 9.97 Å². The zero-order valence-electron chi connectivity index (χ0n) is 21.5. The summed E-state index contributed by atoms with van der Waals surface area (Å²) in [6.45, 7) is 0. The molecule has 0 atom stereocenters. The van der Waals surface area contributed by atoms with Crippen LogP contribution in [0.5, 0.6) is 23.0 Å². The Hall–Kier alpha value is -5.20. The largest absolute Gasteiger partial charge is 0.497 e. The molecule has 0 N–H and O–H groups in total. The maximum Gasteiger partial charge on any atom is 0.123 e. The number of benzene rings is 3. The van der Waals surface area contributed by atoms with E-state index in [4.69, 9.17) is 18.9 Å². The van der Waals surface area contributed by atoms with Crippen molar-refractivity contribution in [2.45, 2.75) is 0 Å². The minimum atomic E-state index is 0.662. The average molecular weight is 501 g/mol. The van der Waals surface area contributed by atoms with Crippen molar-refractivity contribution in [2.24, 2.45) is 0 Å². The molecule has 0 amide bonds. The second-order valence-corrected chi connectivity index (χ2v) is 8.25. The van der Waals surface area contributed by atoms with Gasteiger partial charge < -0.3 is 18.9 Å². The molecule has 186 valence electrons. The van der Waals surface area contributed by atoms with Crippen LogP contribution in [-0.4, -0.2) is 38.4 Å². The number of aromatic nitrogens is 2. The quantitative estimate of drug-likeness (QED) is 0.236. The van der Waals surface area contributed by atoms with E-state index in [-0.39, 0.29) is 0 Å². The minimum Gasteiger partial charge on any atom is -0.497 e. The van der Waals surface area contributed by atoms with Gasteiger partial charge >= 0.3 is 0 Å². The summed E-state index contributed by atoms with van der Waals surface area (Å²) in [6.07, 6.45) is 3.52. The van der Waals surface area contributed by atoms with Gasteiger partial charge in [0.15, 0.2) is 0 Å². The molecule has 6 heteroatoms. The molecule has 0 bridgehead atoms. The smallest absolute Gasteiger partial charge is 0.123 e. The lowest BCUT2D eigenvalue weighted by atomic mass is 9.96. The predicted octanol–water partition coefficient (Wildman–Crippen LogP) is 5.62. The predicted molar refractivity (Wildman–Crippen MR) is 148 cm³/mol. The lowest BCUT2D eigenvalue weighted by molar-refractivity contribution is 0.394. The van der Waals surface area contributed by atoms with Crippen LogP contribution in [0.25, 0.3) is 21.8 Å². The lowest BCUT2D eigenvalue weighted by Crippen LogP contribution is -1.95. The first-order chi connectivity index (χ1) is 18.6. The Morgan fingerprint density at radius 1 is 0.500 bits per heavy atom. The summed E-state index contributed by atoms with van der Waals surface area (Å²) >= 11 is 0. The monoisotopic (exact) mass is 500 g/mol. The fraction of sp³-hybridized carbons (Fsp3) is 0.125. The van der Waals surface area contributed by atoms with Crippen LogP contribution in [0.15, 0.2) is 73.1 Å². The van der Waals surface area contributed by atoms with Gasteiger partial charge in [0, 0.05) is 46.4 Å². The number of nitrogens with zero attached hydrogens (tertiary/aromatic N) is 2. The van der Waals surface area contributed by atoms with Gasteiger partial charge in [-0.25, -0.2) is 0 Å². The van der Waals surface area contributed by atoms with E-state index in [1.165, 1.54) is 0 Å². The Morgan fingerprint density at radius 3 is 1.21 bits per heavy atom. The summed E-state index contributed by atoms with van der Waals surface area (Å²) in [4.78, 5) is 9.27. The molecule has 2 aromatic heterocycles. The fourth-order valence-electron chi connectivity index (χ4n) is 4.15. The summed E-state index contributed by atoms with van der Waals surface area (Å²) in [6, 6.07) is 18.9. The van der Waals surface area contributed by atoms with Crippen LogP contribution < -0.4 is 18.9 Å². The van der Waals surface area contributed by atoms with Crippen molar-refractivity contribution in [2.75, 3.05) is 28.4 Å². The van der Waals surface area contributed by atoms with E-state index in [0.29, 0.717) is 23.0 Å². The van der Waals surface area contributed by atoms with Crippen LogP contribution in [0.3, 0.4) is 0 Å². The molecule has 5 rings (SSSR count). The summed E-state index contributed by atoms with van der Waals surface area (Å²) < 4.78 is 21.7. The highest BCUT2D eigenvalue weighted by Crippen LogP contribution is 2.30. The van der Waals surface area contributed by atoms with E-state index in [0.717, 1.165) is 44.1 Å². The SMILES string of the molecule is COc1cc(C#Cc2c(C#Cc3cc(OC)cc(OC)c3)c3cccnc3c3ncccc23)cc(OC)c1. The Labute approximate surface area is 221 Å². The van der Waals surface area contributed by atoms with Gasteiger partial charge in [0.2, 0.25) is 0 Å². The van der Waals surface area contributed by atoms with Gasteiger partial charge in [-0.15, -0.1) is 0 Å². The Bertz CT molecular complexity index is 1610. The van der Waals surface area contributed by atoms with Crippen molar-refractivity contribution < 1.29 is 18.9 Å². The van der Waals surface area contributed by atoms with Crippen LogP contribution in [0, 0.1) is 23.7 Å². The fourth-order valence-corrected chi connectivity index (χ4v) is 4.15. The van der Waals surface area contributed by atoms with E-state index in [2.05, 4.69) is 33.6 Å². The van der Waals surface area contributed by atoms with Gasteiger partial charge in [-0.05, 0) is 48.5 Å². The molecule has 5 aromatic rings. The van der Waals surface area contributed by atoms with Crippen LogP contribution in [0.1, 0.15) is 22.3 Å². The number of ether oxygens (including phenoxy) is 4. The maximum absolute atomic E-state index is 5.42. The molecule has 0 saturated carbocycles. The molecule has 0 radical (unpaired) electrons. The van der Waals surface area contributed by atoms with Crippen LogP contribution >= 0.6 is 0 Å². The molecule has 0 fully saturated rings. The van der Waals surface area contributed by atoms with E-state index < -0.39 is 0 Å².